The third kappa shape index (κ3) is 3.70. The first-order valence-corrected chi connectivity index (χ1v) is 8.23. The number of para-hydroxylation sites is 1. The molecule has 0 saturated carbocycles. The van der Waals surface area contributed by atoms with E-state index in [1.54, 1.807) is 22.5 Å². The minimum absolute atomic E-state index is 0.0420. The molecule has 0 aliphatic carbocycles. The van der Waals surface area contributed by atoms with Crippen LogP contribution in [0, 0.1) is 0 Å². The van der Waals surface area contributed by atoms with Crippen LogP contribution >= 0.6 is 0 Å². The number of anilines is 1. The number of hydrogen-bond donors (Lipinski definition) is 1. The second-order valence-corrected chi connectivity index (χ2v) is 6.59. The average molecular weight is 284 g/mol. The SMILES string of the molecule is CCCN(C(C)C)S(=O)(=O)c1ccccc1NCC. The molecule has 0 aromatic heterocycles. The number of hydrogen-bond acceptors (Lipinski definition) is 3. The van der Waals surface area contributed by atoms with Gasteiger partial charge in [0.25, 0.3) is 0 Å². The van der Waals surface area contributed by atoms with Crippen LogP contribution in [0.25, 0.3) is 0 Å². The van der Waals surface area contributed by atoms with Gasteiger partial charge in [0.15, 0.2) is 0 Å². The molecular formula is C14H24N2O2S. The molecule has 0 saturated heterocycles. The van der Waals surface area contributed by atoms with Gasteiger partial charge in [-0.05, 0) is 39.3 Å². The van der Waals surface area contributed by atoms with E-state index in [4.69, 9.17) is 0 Å². The maximum absolute atomic E-state index is 12.7. The van der Waals surface area contributed by atoms with Crippen LogP contribution in [0.5, 0.6) is 0 Å². The topological polar surface area (TPSA) is 49.4 Å². The Kier molecular flexibility index (Phi) is 5.82. The van der Waals surface area contributed by atoms with Crippen molar-refractivity contribution < 1.29 is 8.42 Å². The zero-order chi connectivity index (χ0) is 14.5. The molecule has 5 heteroatoms. The molecule has 0 spiro atoms. The maximum Gasteiger partial charge on any atom is 0.245 e. The number of nitrogens with zero attached hydrogens (tertiary/aromatic N) is 1. The molecule has 0 aliphatic heterocycles. The number of sulfonamides is 1. The Hall–Kier alpha value is -1.07. The van der Waals surface area contributed by atoms with E-state index in [0.717, 1.165) is 6.42 Å². The third-order valence-electron chi connectivity index (χ3n) is 2.86. The first-order valence-electron chi connectivity index (χ1n) is 6.79. The summed E-state index contributed by atoms with van der Waals surface area (Å²) in [7, 11) is -3.44. The van der Waals surface area contributed by atoms with E-state index in [9.17, 15) is 8.42 Å². The number of nitrogens with one attached hydrogen (secondary N) is 1. The van der Waals surface area contributed by atoms with Crippen LogP contribution in [0.1, 0.15) is 34.1 Å². The summed E-state index contributed by atoms with van der Waals surface area (Å²) in [4.78, 5) is 0.360. The highest BCUT2D eigenvalue weighted by atomic mass is 32.2. The lowest BCUT2D eigenvalue weighted by Gasteiger charge is -2.26. The van der Waals surface area contributed by atoms with Crippen molar-refractivity contribution in [2.45, 2.75) is 45.1 Å². The Bertz CT molecular complexity index is 498. The Balaban J connectivity index is 3.25. The van der Waals surface area contributed by atoms with Gasteiger partial charge in [-0.15, -0.1) is 0 Å². The van der Waals surface area contributed by atoms with Crippen molar-refractivity contribution >= 4 is 15.7 Å². The van der Waals surface area contributed by atoms with Crippen LogP contribution in [0.3, 0.4) is 0 Å². The fourth-order valence-electron chi connectivity index (χ4n) is 2.03. The van der Waals surface area contributed by atoms with Crippen LogP contribution in [0.2, 0.25) is 0 Å². The van der Waals surface area contributed by atoms with E-state index in [0.29, 0.717) is 23.7 Å². The van der Waals surface area contributed by atoms with Gasteiger partial charge < -0.3 is 5.32 Å². The van der Waals surface area contributed by atoms with Crippen LogP contribution in [0.4, 0.5) is 5.69 Å². The fraction of sp³-hybridized carbons (Fsp3) is 0.571. The van der Waals surface area contributed by atoms with Gasteiger partial charge in [0, 0.05) is 19.1 Å². The van der Waals surface area contributed by atoms with E-state index in [-0.39, 0.29) is 6.04 Å². The second kappa shape index (κ2) is 6.91. The molecule has 1 N–H and O–H groups in total. The quantitative estimate of drug-likeness (QED) is 0.837. The Labute approximate surface area is 116 Å². The second-order valence-electron chi connectivity index (χ2n) is 4.74. The third-order valence-corrected chi connectivity index (χ3v) is 4.99. The first kappa shape index (κ1) is 16.0. The normalized spacial score (nSPS) is 12.1. The molecule has 19 heavy (non-hydrogen) atoms. The molecule has 0 radical (unpaired) electrons. The molecule has 0 unspecified atom stereocenters. The largest absolute Gasteiger partial charge is 0.384 e. The van der Waals surface area contributed by atoms with Crippen LogP contribution in [0.15, 0.2) is 29.2 Å². The molecule has 1 aromatic carbocycles. The standard InChI is InChI=1S/C14H24N2O2S/c1-5-11-16(12(3)4)19(17,18)14-10-8-7-9-13(14)15-6-2/h7-10,12,15H,5-6,11H2,1-4H3. The van der Waals surface area contributed by atoms with E-state index < -0.39 is 10.0 Å². The van der Waals surface area contributed by atoms with Crippen molar-refractivity contribution in [2.24, 2.45) is 0 Å². The predicted octanol–water partition coefficient (Wildman–Crippen LogP) is 2.93. The van der Waals surface area contributed by atoms with Gasteiger partial charge in [0.2, 0.25) is 10.0 Å². The molecule has 0 amide bonds. The van der Waals surface area contributed by atoms with E-state index in [1.807, 2.05) is 33.8 Å². The van der Waals surface area contributed by atoms with Gasteiger partial charge in [-0.3, -0.25) is 0 Å². The molecule has 1 aromatic rings. The zero-order valence-electron chi connectivity index (χ0n) is 12.2. The summed E-state index contributed by atoms with van der Waals surface area (Å²) in [5, 5.41) is 3.11. The Morgan fingerprint density at radius 2 is 1.84 bits per heavy atom. The lowest BCUT2D eigenvalue weighted by molar-refractivity contribution is 0.354. The molecule has 108 valence electrons. The first-order chi connectivity index (χ1) is 8.95. The fourth-order valence-corrected chi connectivity index (χ4v) is 3.93. The predicted molar refractivity (Wildman–Crippen MR) is 79.9 cm³/mol. The molecule has 0 heterocycles. The van der Waals surface area contributed by atoms with E-state index >= 15 is 0 Å². The van der Waals surface area contributed by atoms with Gasteiger partial charge in [-0.1, -0.05) is 19.1 Å². The van der Waals surface area contributed by atoms with Gasteiger partial charge in [0.1, 0.15) is 4.90 Å². The van der Waals surface area contributed by atoms with Crippen molar-refractivity contribution in [3.63, 3.8) is 0 Å². The minimum Gasteiger partial charge on any atom is -0.384 e. The molecular weight excluding hydrogens is 260 g/mol. The molecule has 0 fully saturated rings. The van der Waals surface area contributed by atoms with Crippen molar-refractivity contribution in [3.8, 4) is 0 Å². The van der Waals surface area contributed by atoms with Crippen LogP contribution < -0.4 is 5.32 Å². The molecule has 4 nitrogen and oxygen atoms in total. The summed E-state index contributed by atoms with van der Waals surface area (Å²) in [6, 6.07) is 7.04. The summed E-state index contributed by atoms with van der Waals surface area (Å²) in [5.41, 5.74) is 0.673. The highest BCUT2D eigenvalue weighted by Gasteiger charge is 2.28. The van der Waals surface area contributed by atoms with Crippen molar-refractivity contribution in [2.75, 3.05) is 18.4 Å². The number of benzene rings is 1. The summed E-state index contributed by atoms with van der Waals surface area (Å²) >= 11 is 0. The minimum atomic E-state index is -3.44. The monoisotopic (exact) mass is 284 g/mol. The molecule has 0 bridgehead atoms. The van der Waals surface area contributed by atoms with Gasteiger partial charge >= 0.3 is 0 Å². The summed E-state index contributed by atoms with van der Waals surface area (Å²) in [5.74, 6) is 0. The van der Waals surface area contributed by atoms with Crippen molar-refractivity contribution in [1.82, 2.24) is 4.31 Å². The van der Waals surface area contributed by atoms with E-state index in [1.165, 1.54) is 0 Å². The molecule has 0 atom stereocenters. The highest BCUT2D eigenvalue weighted by Crippen LogP contribution is 2.25. The van der Waals surface area contributed by atoms with Gasteiger partial charge in [0.05, 0.1) is 5.69 Å². The van der Waals surface area contributed by atoms with Crippen LogP contribution in [-0.2, 0) is 10.0 Å². The lowest BCUT2D eigenvalue weighted by Crippen LogP contribution is -2.37. The van der Waals surface area contributed by atoms with Gasteiger partial charge in [-0.2, -0.15) is 4.31 Å². The highest BCUT2D eigenvalue weighted by molar-refractivity contribution is 7.89. The zero-order valence-corrected chi connectivity index (χ0v) is 13.0. The van der Waals surface area contributed by atoms with Crippen LogP contribution in [-0.4, -0.2) is 31.9 Å². The maximum atomic E-state index is 12.7. The lowest BCUT2D eigenvalue weighted by atomic mass is 10.3. The van der Waals surface area contributed by atoms with Gasteiger partial charge in [-0.25, -0.2) is 8.42 Å². The van der Waals surface area contributed by atoms with Crippen molar-refractivity contribution in [3.05, 3.63) is 24.3 Å². The Morgan fingerprint density at radius 1 is 1.21 bits per heavy atom. The van der Waals surface area contributed by atoms with E-state index in [2.05, 4.69) is 5.32 Å². The Morgan fingerprint density at radius 3 is 2.37 bits per heavy atom. The summed E-state index contributed by atoms with van der Waals surface area (Å²) < 4.78 is 27.0. The number of rotatable bonds is 7. The smallest absolute Gasteiger partial charge is 0.245 e. The summed E-state index contributed by atoms with van der Waals surface area (Å²) in [6.45, 7) is 8.99. The van der Waals surface area contributed by atoms with Crippen molar-refractivity contribution in [1.29, 1.82) is 0 Å². The molecule has 1 rings (SSSR count). The summed E-state index contributed by atoms with van der Waals surface area (Å²) in [6.07, 6.45) is 0.806. The average Bonchev–Trinajstić information content (AvgIpc) is 2.36. The molecule has 0 aliphatic rings.